The molecule has 1 amide bonds. The Labute approximate surface area is 123 Å². The molecule has 0 radical (unpaired) electrons. The summed E-state index contributed by atoms with van der Waals surface area (Å²) in [5, 5.41) is 2.79. The van der Waals surface area contributed by atoms with E-state index in [0.717, 1.165) is 5.56 Å². The van der Waals surface area contributed by atoms with E-state index in [4.69, 9.17) is 10.5 Å². The molecule has 0 unspecified atom stereocenters. The molecule has 21 heavy (non-hydrogen) atoms. The summed E-state index contributed by atoms with van der Waals surface area (Å²) in [5.41, 5.74) is 7.73. The molecule has 0 aliphatic carbocycles. The lowest BCUT2D eigenvalue weighted by atomic mass is 10.1. The van der Waals surface area contributed by atoms with Gasteiger partial charge in [0.25, 0.3) is 5.91 Å². The second-order valence-corrected chi connectivity index (χ2v) is 4.36. The molecule has 0 bridgehead atoms. The van der Waals surface area contributed by atoms with Gasteiger partial charge >= 0.3 is 0 Å². The third-order valence-corrected chi connectivity index (χ3v) is 2.83. The number of aromatic nitrogens is 2. The molecule has 0 aliphatic rings. The van der Waals surface area contributed by atoms with Gasteiger partial charge in [-0.15, -0.1) is 0 Å². The first-order chi connectivity index (χ1) is 10.2. The van der Waals surface area contributed by atoms with Crippen molar-refractivity contribution in [3.63, 3.8) is 0 Å². The van der Waals surface area contributed by atoms with E-state index in [9.17, 15) is 4.79 Å². The summed E-state index contributed by atoms with van der Waals surface area (Å²) in [6.45, 7) is 3.57. The zero-order valence-electron chi connectivity index (χ0n) is 11.9. The smallest absolute Gasteiger partial charge is 0.251 e. The monoisotopic (exact) mass is 286 g/mol. The molecule has 1 aromatic carbocycles. The van der Waals surface area contributed by atoms with Crippen molar-refractivity contribution in [1.29, 1.82) is 0 Å². The Morgan fingerprint density at radius 2 is 2.05 bits per heavy atom. The molecule has 0 spiro atoms. The van der Waals surface area contributed by atoms with Crippen molar-refractivity contribution in [3.8, 4) is 11.3 Å². The number of carbonyl (C=O) groups is 1. The fraction of sp³-hybridized carbons (Fsp3) is 0.267. The summed E-state index contributed by atoms with van der Waals surface area (Å²) >= 11 is 0. The molecule has 6 nitrogen and oxygen atoms in total. The minimum absolute atomic E-state index is 0.125. The van der Waals surface area contributed by atoms with E-state index in [1.165, 1.54) is 6.20 Å². The summed E-state index contributed by atoms with van der Waals surface area (Å²) in [6, 6.07) is 7.13. The van der Waals surface area contributed by atoms with E-state index < -0.39 is 0 Å². The van der Waals surface area contributed by atoms with Crippen molar-refractivity contribution in [2.24, 2.45) is 0 Å². The van der Waals surface area contributed by atoms with Gasteiger partial charge in [-0.05, 0) is 19.1 Å². The Bertz CT molecular complexity index is 599. The molecule has 1 heterocycles. The summed E-state index contributed by atoms with van der Waals surface area (Å²) in [7, 11) is 0. The van der Waals surface area contributed by atoms with Crippen molar-refractivity contribution in [2.45, 2.75) is 6.92 Å². The highest BCUT2D eigenvalue weighted by atomic mass is 16.5. The van der Waals surface area contributed by atoms with E-state index in [0.29, 0.717) is 36.8 Å². The normalized spacial score (nSPS) is 10.3. The zero-order valence-corrected chi connectivity index (χ0v) is 11.9. The van der Waals surface area contributed by atoms with Crippen LogP contribution < -0.4 is 11.1 Å². The zero-order chi connectivity index (χ0) is 15.1. The average molecular weight is 286 g/mol. The van der Waals surface area contributed by atoms with Crippen LogP contribution in [0.2, 0.25) is 0 Å². The van der Waals surface area contributed by atoms with E-state index in [2.05, 4.69) is 15.3 Å². The maximum atomic E-state index is 11.9. The molecule has 6 heteroatoms. The minimum Gasteiger partial charge on any atom is -0.382 e. The molecule has 2 rings (SSSR count). The van der Waals surface area contributed by atoms with Crippen LogP contribution in [0, 0.1) is 0 Å². The van der Waals surface area contributed by atoms with Gasteiger partial charge in [0, 0.05) is 24.3 Å². The van der Waals surface area contributed by atoms with E-state index in [-0.39, 0.29) is 5.91 Å². The second kappa shape index (κ2) is 7.35. The molecule has 0 aliphatic heterocycles. The molecule has 0 saturated carbocycles. The maximum absolute atomic E-state index is 11.9. The lowest BCUT2D eigenvalue weighted by molar-refractivity contribution is 0.0922. The Kier molecular flexibility index (Phi) is 5.22. The average Bonchev–Trinajstić information content (AvgIpc) is 2.51. The first-order valence-corrected chi connectivity index (χ1v) is 6.74. The topological polar surface area (TPSA) is 90.1 Å². The Balaban J connectivity index is 2.00. The lowest BCUT2D eigenvalue weighted by Crippen LogP contribution is -2.27. The van der Waals surface area contributed by atoms with Gasteiger partial charge in [0.15, 0.2) is 0 Å². The van der Waals surface area contributed by atoms with Gasteiger partial charge in [0.2, 0.25) is 0 Å². The van der Waals surface area contributed by atoms with Gasteiger partial charge in [-0.3, -0.25) is 9.78 Å². The van der Waals surface area contributed by atoms with E-state index in [1.54, 1.807) is 18.3 Å². The van der Waals surface area contributed by atoms with Crippen LogP contribution in [0.25, 0.3) is 11.3 Å². The van der Waals surface area contributed by atoms with Gasteiger partial charge in [-0.1, -0.05) is 12.1 Å². The largest absolute Gasteiger partial charge is 0.382 e. The lowest BCUT2D eigenvalue weighted by Gasteiger charge is -2.06. The number of hydrogen-bond acceptors (Lipinski definition) is 5. The minimum atomic E-state index is -0.125. The molecule has 0 atom stereocenters. The third kappa shape index (κ3) is 4.25. The van der Waals surface area contributed by atoms with Crippen LogP contribution in [-0.4, -0.2) is 35.6 Å². The molecule has 110 valence electrons. The van der Waals surface area contributed by atoms with E-state index in [1.807, 2.05) is 19.1 Å². The number of nitrogens with two attached hydrogens (primary N) is 1. The standard InChI is InChI=1S/C15H18N4O2/c1-2-21-8-7-18-15(20)12-5-3-11(4-6-12)13-9-17-10-14(16)19-13/h3-6,9-10H,2,7-8H2,1H3,(H2,16,19)(H,18,20). The van der Waals surface area contributed by atoms with Crippen LogP contribution in [0.5, 0.6) is 0 Å². The van der Waals surface area contributed by atoms with Gasteiger partial charge in [0.05, 0.1) is 24.7 Å². The van der Waals surface area contributed by atoms with Crippen molar-refractivity contribution in [3.05, 3.63) is 42.2 Å². The maximum Gasteiger partial charge on any atom is 0.251 e. The van der Waals surface area contributed by atoms with Crippen molar-refractivity contribution < 1.29 is 9.53 Å². The summed E-state index contributed by atoms with van der Waals surface area (Å²) in [5.74, 6) is 0.241. The molecule has 1 aromatic heterocycles. The van der Waals surface area contributed by atoms with Crippen LogP contribution in [0.15, 0.2) is 36.7 Å². The van der Waals surface area contributed by atoms with Gasteiger partial charge in [0.1, 0.15) is 5.82 Å². The third-order valence-electron chi connectivity index (χ3n) is 2.83. The van der Waals surface area contributed by atoms with Crippen molar-refractivity contribution >= 4 is 11.7 Å². The quantitative estimate of drug-likeness (QED) is 0.785. The van der Waals surface area contributed by atoms with Crippen LogP contribution in [0.3, 0.4) is 0 Å². The molecule has 2 aromatic rings. The number of benzene rings is 1. The van der Waals surface area contributed by atoms with Gasteiger partial charge in [-0.2, -0.15) is 0 Å². The van der Waals surface area contributed by atoms with E-state index >= 15 is 0 Å². The van der Waals surface area contributed by atoms with Crippen LogP contribution in [0.4, 0.5) is 5.82 Å². The highest BCUT2D eigenvalue weighted by molar-refractivity contribution is 5.94. The number of rotatable bonds is 6. The number of hydrogen-bond donors (Lipinski definition) is 2. The Morgan fingerprint density at radius 3 is 2.71 bits per heavy atom. The van der Waals surface area contributed by atoms with Gasteiger partial charge < -0.3 is 15.8 Å². The van der Waals surface area contributed by atoms with Crippen molar-refractivity contribution in [1.82, 2.24) is 15.3 Å². The number of anilines is 1. The fourth-order valence-electron chi connectivity index (χ4n) is 1.80. The molecule has 0 saturated heterocycles. The summed E-state index contributed by atoms with van der Waals surface area (Å²) in [6.07, 6.45) is 3.12. The number of nitrogens with zero attached hydrogens (tertiary/aromatic N) is 2. The highest BCUT2D eigenvalue weighted by Crippen LogP contribution is 2.17. The Morgan fingerprint density at radius 1 is 1.29 bits per heavy atom. The highest BCUT2D eigenvalue weighted by Gasteiger charge is 2.06. The second-order valence-electron chi connectivity index (χ2n) is 4.36. The van der Waals surface area contributed by atoms with Crippen molar-refractivity contribution in [2.75, 3.05) is 25.5 Å². The first kappa shape index (κ1) is 14.9. The number of nitrogens with one attached hydrogen (secondary N) is 1. The first-order valence-electron chi connectivity index (χ1n) is 6.74. The van der Waals surface area contributed by atoms with Crippen LogP contribution >= 0.6 is 0 Å². The number of carbonyl (C=O) groups excluding carboxylic acids is 1. The number of ether oxygens (including phenoxy) is 1. The molecule has 3 N–H and O–H groups in total. The van der Waals surface area contributed by atoms with Crippen LogP contribution in [0.1, 0.15) is 17.3 Å². The number of nitrogen functional groups attached to an aromatic ring is 1. The molecular weight excluding hydrogens is 268 g/mol. The van der Waals surface area contributed by atoms with Gasteiger partial charge in [-0.25, -0.2) is 4.98 Å². The predicted octanol–water partition coefficient (Wildman–Crippen LogP) is 1.49. The SMILES string of the molecule is CCOCCNC(=O)c1ccc(-c2cncc(N)n2)cc1. The molecule has 0 fully saturated rings. The Hall–Kier alpha value is -2.47. The van der Waals surface area contributed by atoms with Crippen LogP contribution in [-0.2, 0) is 4.74 Å². The fourth-order valence-corrected chi connectivity index (χ4v) is 1.80. The predicted molar refractivity (Wildman–Crippen MR) is 80.7 cm³/mol. The summed E-state index contributed by atoms with van der Waals surface area (Å²) < 4.78 is 5.17. The molecular formula is C15H18N4O2. The number of amides is 1. The summed E-state index contributed by atoms with van der Waals surface area (Å²) in [4.78, 5) is 20.1.